The van der Waals surface area contributed by atoms with Crippen LogP contribution in [-0.4, -0.2) is 14.5 Å². The maximum Gasteiger partial charge on any atom is 0.274 e. The molecule has 0 aliphatic rings. The molecule has 0 spiro atoms. The minimum Gasteiger partial charge on any atom is -0.508 e. The Morgan fingerprint density at radius 2 is 2.26 bits per heavy atom. The van der Waals surface area contributed by atoms with Gasteiger partial charge in [-0.1, -0.05) is 27.3 Å². The molecule has 1 aromatic carbocycles. The van der Waals surface area contributed by atoms with E-state index in [9.17, 15) is 9.90 Å². The van der Waals surface area contributed by atoms with Crippen molar-refractivity contribution in [2.45, 2.75) is 6.92 Å². The summed E-state index contributed by atoms with van der Waals surface area (Å²) in [6.07, 6.45) is 5.00. The molecule has 3 rings (SSSR count). The molecule has 19 heavy (non-hydrogen) atoms. The lowest BCUT2D eigenvalue weighted by molar-refractivity contribution is 0.471. The van der Waals surface area contributed by atoms with E-state index < -0.39 is 0 Å². The number of hydrogen-bond acceptors (Lipinski definition) is 4. The molecule has 0 bridgehead atoms. The van der Waals surface area contributed by atoms with Crippen LogP contribution in [-0.2, 0) is 0 Å². The summed E-state index contributed by atoms with van der Waals surface area (Å²) in [5.74, 6) is 0.211. The first-order valence-electron chi connectivity index (χ1n) is 5.53. The van der Waals surface area contributed by atoms with Crippen molar-refractivity contribution < 1.29 is 5.11 Å². The molecule has 0 radical (unpaired) electrons. The van der Waals surface area contributed by atoms with Crippen LogP contribution in [0.2, 0.25) is 0 Å². The van der Waals surface area contributed by atoms with Crippen LogP contribution in [0.3, 0.4) is 0 Å². The van der Waals surface area contributed by atoms with E-state index in [4.69, 9.17) is 0 Å². The van der Waals surface area contributed by atoms with Gasteiger partial charge in [-0.15, -0.1) is 0 Å². The van der Waals surface area contributed by atoms with Crippen molar-refractivity contribution in [2.75, 3.05) is 0 Å². The molecule has 3 aromatic rings. The number of hydrogen-bond donors (Lipinski definition) is 1. The summed E-state index contributed by atoms with van der Waals surface area (Å²) in [5, 5.41) is 9.74. The van der Waals surface area contributed by atoms with Gasteiger partial charge in [0.05, 0.1) is 4.53 Å². The van der Waals surface area contributed by atoms with Crippen molar-refractivity contribution in [3.63, 3.8) is 0 Å². The number of phenolic OH excluding ortho intramolecular Hbond substituents is 1. The molecule has 0 unspecified atom stereocenters. The van der Waals surface area contributed by atoms with Gasteiger partial charge < -0.3 is 5.11 Å². The molecule has 0 saturated heterocycles. The topological polar surface area (TPSA) is 54.6 Å². The zero-order valence-corrected chi connectivity index (χ0v) is 12.3. The largest absolute Gasteiger partial charge is 0.508 e. The van der Waals surface area contributed by atoms with E-state index in [-0.39, 0.29) is 11.3 Å². The lowest BCUT2D eigenvalue weighted by Gasteiger charge is -2.02. The quantitative estimate of drug-likeness (QED) is 0.740. The van der Waals surface area contributed by atoms with Gasteiger partial charge in [0.1, 0.15) is 5.75 Å². The van der Waals surface area contributed by atoms with Crippen molar-refractivity contribution >= 4 is 38.3 Å². The van der Waals surface area contributed by atoms with E-state index in [0.29, 0.717) is 9.49 Å². The van der Waals surface area contributed by atoms with Crippen LogP contribution in [0.25, 0.3) is 11.0 Å². The molecule has 96 valence electrons. The first-order chi connectivity index (χ1) is 9.06. The fraction of sp³-hybridized carbons (Fsp3) is 0.0769. The molecular formula is C13H9BrN2O2S. The van der Waals surface area contributed by atoms with Gasteiger partial charge in [0.25, 0.3) is 5.56 Å². The van der Waals surface area contributed by atoms with Gasteiger partial charge in [-0.3, -0.25) is 9.20 Å². The van der Waals surface area contributed by atoms with Crippen molar-refractivity contribution in [1.82, 2.24) is 9.38 Å². The number of thiazole rings is 1. The number of phenols is 1. The van der Waals surface area contributed by atoms with Crippen LogP contribution in [0.5, 0.6) is 5.75 Å². The molecule has 2 heterocycles. The smallest absolute Gasteiger partial charge is 0.274 e. The molecule has 0 amide bonds. The standard InChI is InChI=1S/C13H9BrN2O2S/c1-7-4-9(14)8(5-10(7)17)6-11-12(18)16-3-2-15-13(16)19-11/h2-6,17H,1H3/b11-6-. The van der Waals surface area contributed by atoms with E-state index in [1.165, 1.54) is 15.7 Å². The van der Waals surface area contributed by atoms with Gasteiger partial charge in [-0.05, 0) is 36.3 Å². The predicted octanol–water partition coefficient (Wildman–Crippen LogP) is 2.08. The summed E-state index contributed by atoms with van der Waals surface area (Å²) in [6, 6.07) is 3.46. The highest BCUT2D eigenvalue weighted by Gasteiger charge is 2.06. The highest BCUT2D eigenvalue weighted by molar-refractivity contribution is 9.10. The van der Waals surface area contributed by atoms with Gasteiger partial charge in [-0.2, -0.15) is 0 Å². The first-order valence-corrected chi connectivity index (χ1v) is 7.14. The molecule has 6 heteroatoms. The molecule has 0 aliphatic carbocycles. The third-order valence-corrected chi connectivity index (χ3v) is 4.52. The second-order valence-corrected chi connectivity index (χ2v) is 6.02. The molecule has 0 atom stereocenters. The Morgan fingerprint density at radius 1 is 1.47 bits per heavy atom. The predicted molar refractivity (Wildman–Crippen MR) is 78.7 cm³/mol. The third-order valence-electron chi connectivity index (χ3n) is 2.84. The van der Waals surface area contributed by atoms with Crippen molar-refractivity contribution in [2.24, 2.45) is 0 Å². The summed E-state index contributed by atoms with van der Waals surface area (Å²) in [7, 11) is 0. The van der Waals surface area contributed by atoms with E-state index in [0.717, 1.165) is 15.6 Å². The molecule has 4 nitrogen and oxygen atoms in total. The van der Waals surface area contributed by atoms with Crippen LogP contribution in [0.15, 0.2) is 33.8 Å². The Bertz CT molecular complexity index is 882. The average molecular weight is 337 g/mol. The lowest BCUT2D eigenvalue weighted by Crippen LogP contribution is -2.22. The number of aromatic hydroxyl groups is 1. The number of fused-ring (bicyclic) bond motifs is 1. The second-order valence-electron chi connectivity index (χ2n) is 4.16. The van der Waals surface area contributed by atoms with Gasteiger partial charge in [0.2, 0.25) is 0 Å². The number of benzene rings is 1. The minimum absolute atomic E-state index is 0.0931. The highest BCUT2D eigenvalue weighted by atomic mass is 79.9. The minimum atomic E-state index is -0.0931. The number of halogens is 1. The zero-order valence-electron chi connectivity index (χ0n) is 9.92. The summed E-state index contributed by atoms with van der Waals surface area (Å²) >= 11 is 4.76. The Balaban J connectivity index is 2.26. The lowest BCUT2D eigenvalue weighted by atomic mass is 10.1. The summed E-state index contributed by atoms with van der Waals surface area (Å²) in [4.78, 5) is 16.8. The Hall–Kier alpha value is -1.66. The van der Waals surface area contributed by atoms with Crippen molar-refractivity contribution in [3.05, 3.63) is 55.0 Å². The first kappa shape index (κ1) is 12.4. The normalized spacial score (nSPS) is 12.4. The van der Waals surface area contributed by atoms with Crippen LogP contribution >= 0.6 is 27.3 Å². The van der Waals surface area contributed by atoms with Gasteiger partial charge in [-0.25, -0.2) is 4.98 Å². The van der Waals surface area contributed by atoms with Crippen LogP contribution in [0, 0.1) is 6.92 Å². The van der Waals surface area contributed by atoms with Gasteiger partial charge in [0, 0.05) is 16.9 Å². The number of aryl methyl sites for hydroxylation is 1. The number of rotatable bonds is 1. The number of nitrogens with zero attached hydrogens (tertiary/aromatic N) is 2. The fourth-order valence-electron chi connectivity index (χ4n) is 1.80. The van der Waals surface area contributed by atoms with Gasteiger partial charge >= 0.3 is 0 Å². The molecule has 2 aromatic heterocycles. The Kier molecular flexibility index (Phi) is 2.91. The van der Waals surface area contributed by atoms with E-state index >= 15 is 0 Å². The second kappa shape index (κ2) is 4.47. The van der Waals surface area contributed by atoms with Crippen molar-refractivity contribution in [1.29, 1.82) is 0 Å². The maximum atomic E-state index is 12.1. The SMILES string of the molecule is Cc1cc(Br)c(/C=c2\sc3nccn3c2=O)cc1O. The van der Waals surface area contributed by atoms with E-state index in [1.807, 2.05) is 13.0 Å². The maximum absolute atomic E-state index is 12.1. The Morgan fingerprint density at radius 3 is 3.00 bits per heavy atom. The monoisotopic (exact) mass is 336 g/mol. The molecule has 0 fully saturated rings. The third kappa shape index (κ3) is 2.06. The van der Waals surface area contributed by atoms with Crippen molar-refractivity contribution in [3.8, 4) is 5.75 Å². The molecule has 0 saturated carbocycles. The van der Waals surface area contributed by atoms with Crippen LogP contribution in [0.4, 0.5) is 0 Å². The molecule has 1 N–H and O–H groups in total. The summed E-state index contributed by atoms with van der Waals surface area (Å²) in [6.45, 7) is 1.82. The van der Waals surface area contributed by atoms with Crippen LogP contribution < -0.4 is 10.1 Å². The zero-order chi connectivity index (χ0) is 13.6. The van der Waals surface area contributed by atoms with E-state index in [1.54, 1.807) is 24.5 Å². The summed E-state index contributed by atoms with van der Waals surface area (Å²) < 4.78 is 2.94. The number of aromatic nitrogens is 2. The molecular weight excluding hydrogens is 328 g/mol. The van der Waals surface area contributed by atoms with Gasteiger partial charge in [0.15, 0.2) is 4.96 Å². The number of imidazole rings is 1. The van der Waals surface area contributed by atoms with Crippen LogP contribution in [0.1, 0.15) is 11.1 Å². The Labute approximate surface area is 120 Å². The molecule has 0 aliphatic heterocycles. The fourth-order valence-corrected chi connectivity index (χ4v) is 3.30. The highest BCUT2D eigenvalue weighted by Crippen LogP contribution is 2.26. The van der Waals surface area contributed by atoms with E-state index in [2.05, 4.69) is 20.9 Å². The average Bonchev–Trinajstić information content (AvgIpc) is 2.91. The summed E-state index contributed by atoms with van der Waals surface area (Å²) in [5.41, 5.74) is 1.46.